The van der Waals surface area contributed by atoms with Crippen molar-refractivity contribution in [1.82, 2.24) is 4.90 Å². The van der Waals surface area contributed by atoms with Crippen LogP contribution in [-0.4, -0.2) is 40.9 Å². The average Bonchev–Trinajstić information content (AvgIpc) is 2.39. The van der Waals surface area contributed by atoms with Crippen molar-refractivity contribution in [2.24, 2.45) is 5.92 Å². The molecule has 19 heavy (non-hydrogen) atoms. The Morgan fingerprint density at radius 3 is 2.68 bits per heavy atom. The fourth-order valence-corrected chi connectivity index (χ4v) is 3.13. The van der Waals surface area contributed by atoms with Crippen molar-refractivity contribution in [3.63, 3.8) is 0 Å². The van der Waals surface area contributed by atoms with Crippen molar-refractivity contribution in [2.75, 3.05) is 19.7 Å². The minimum absolute atomic E-state index is 0.175. The predicted octanol–water partition coefficient (Wildman–Crippen LogP) is 2.58. The summed E-state index contributed by atoms with van der Waals surface area (Å²) in [4.78, 5) is 2.22. The van der Waals surface area contributed by atoms with E-state index in [1.54, 1.807) is 0 Å². The van der Waals surface area contributed by atoms with E-state index in [0.29, 0.717) is 12.5 Å². The van der Waals surface area contributed by atoms with Crippen LogP contribution in [0, 0.1) is 5.92 Å². The SMILES string of the molecule is CC1CCCN(CC(O)c2ccc(Br)cc2)C1CO. The van der Waals surface area contributed by atoms with Crippen LogP contribution in [0.2, 0.25) is 0 Å². The minimum atomic E-state index is -0.493. The first-order chi connectivity index (χ1) is 9.11. The zero-order valence-corrected chi connectivity index (χ0v) is 12.9. The van der Waals surface area contributed by atoms with E-state index in [4.69, 9.17) is 0 Å². The van der Waals surface area contributed by atoms with E-state index in [-0.39, 0.29) is 12.6 Å². The maximum atomic E-state index is 10.3. The van der Waals surface area contributed by atoms with Gasteiger partial charge in [0.1, 0.15) is 0 Å². The number of rotatable bonds is 4. The van der Waals surface area contributed by atoms with Crippen molar-refractivity contribution >= 4 is 15.9 Å². The number of hydrogen-bond donors (Lipinski definition) is 2. The molecule has 2 rings (SSSR count). The van der Waals surface area contributed by atoms with Gasteiger partial charge in [-0.1, -0.05) is 35.0 Å². The maximum Gasteiger partial charge on any atom is 0.0917 e. The third-order valence-electron chi connectivity index (χ3n) is 4.08. The number of piperidine rings is 1. The van der Waals surface area contributed by atoms with Gasteiger partial charge in [-0.3, -0.25) is 4.90 Å². The summed E-state index contributed by atoms with van der Waals surface area (Å²) in [6.07, 6.45) is 1.81. The molecule has 0 saturated carbocycles. The van der Waals surface area contributed by atoms with Gasteiger partial charge in [0, 0.05) is 17.1 Å². The standard InChI is InChI=1S/C15H22BrNO2/c1-11-3-2-8-17(14(11)10-18)9-15(19)12-4-6-13(16)7-5-12/h4-7,11,14-15,18-19H,2-3,8-10H2,1H3. The van der Waals surface area contributed by atoms with E-state index < -0.39 is 6.10 Å². The summed E-state index contributed by atoms with van der Waals surface area (Å²) in [6.45, 7) is 3.91. The molecule has 106 valence electrons. The summed E-state index contributed by atoms with van der Waals surface area (Å²) < 4.78 is 1.02. The van der Waals surface area contributed by atoms with Gasteiger partial charge >= 0.3 is 0 Å². The van der Waals surface area contributed by atoms with Crippen LogP contribution >= 0.6 is 15.9 Å². The van der Waals surface area contributed by atoms with Gasteiger partial charge in [0.2, 0.25) is 0 Å². The van der Waals surface area contributed by atoms with E-state index in [9.17, 15) is 10.2 Å². The molecule has 1 aromatic carbocycles. The summed E-state index contributed by atoms with van der Waals surface area (Å²) >= 11 is 3.40. The highest BCUT2D eigenvalue weighted by Gasteiger charge is 2.29. The van der Waals surface area contributed by atoms with Gasteiger partial charge in [0.25, 0.3) is 0 Å². The summed E-state index contributed by atoms with van der Waals surface area (Å²) in [6, 6.07) is 7.95. The Labute approximate surface area is 123 Å². The third-order valence-corrected chi connectivity index (χ3v) is 4.61. The van der Waals surface area contributed by atoms with Crippen LogP contribution in [0.15, 0.2) is 28.7 Å². The first kappa shape index (κ1) is 15.0. The molecule has 2 N–H and O–H groups in total. The van der Waals surface area contributed by atoms with Crippen LogP contribution < -0.4 is 0 Å². The normalized spacial score (nSPS) is 26.3. The fourth-order valence-electron chi connectivity index (χ4n) is 2.87. The van der Waals surface area contributed by atoms with Gasteiger partial charge < -0.3 is 10.2 Å². The second-order valence-electron chi connectivity index (χ2n) is 5.43. The summed E-state index contributed by atoms with van der Waals surface area (Å²) in [7, 11) is 0. The molecule has 0 aromatic heterocycles. The van der Waals surface area contributed by atoms with Crippen LogP contribution in [0.25, 0.3) is 0 Å². The Morgan fingerprint density at radius 1 is 1.37 bits per heavy atom. The molecule has 1 aliphatic heterocycles. The Hall–Kier alpha value is -0.420. The lowest BCUT2D eigenvalue weighted by atomic mass is 9.90. The Morgan fingerprint density at radius 2 is 2.05 bits per heavy atom. The average molecular weight is 328 g/mol. The number of β-amino-alcohol motifs (C(OH)–C–C–N with tert-alkyl or cyclic N) is 1. The lowest BCUT2D eigenvalue weighted by Gasteiger charge is -2.40. The maximum absolute atomic E-state index is 10.3. The molecule has 4 heteroatoms. The fraction of sp³-hybridized carbons (Fsp3) is 0.600. The Kier molecular flexibility index (Phi) is 5.39. The summed E-state index contributed by atoms with van der Waals surface area (Å²) in [5.41, 5.74) is 0.929. The van der Waals surface area contributed by atoms with Gasteiger partial charge in [0.05, 0.1) is 12.7 Å². The number of likely N-dealkylation sites (tertiary alicyclic amines) is 1. The molecular formula is C15H22BrNO2. The molecule has 3 atom stereocenters. The summed E-state index contributed by atoms with van der Waals surface area (Å²) in [5, 5.41) is 19.8. The number of benzene rings is 1. The molecule has 0 radical (unpaired) electrons. The van der Waals surface area contributed by atoms with Gasteiger partial charge in [-0.15, -0.1) is 0 Å². The van der Waals surface area contributed by atoms with Crippen LogP contribution in [0.5, 0.6) is 0 Å². The smallest absolute Gasteiger partial charge is 0.0917 e. The van der Waals surface area contributed by atoms with Gasteiger partial charge in [-0.05, 0) is 43.0 Å². The topological polar surface area (TPSA) is 43.7 Å². The van der Waals surface area contributed by atoms with E-state index in [1.807, 2.05) is 24.3 Å². The lowest BCUT2D eigenvalue weighted by Crippen LogP contribution is -2.48. The quantitative estimate of drug-likeness (QED) is 0.893. The highest BCUT2D eigenvalue weighted by atomic mass is 79.9. The second kappa shape index (κ2) is 6.84. The van der Waals surface area contributed by atoms with Crippen LogP contribution in [0.1, 0.15) is 31.4 Å². The molecule has 3 nitrogen and oxygen atoms in total. The zero-order valence-electron chi connectivity index (χ0n) is 11.3. The van der Waals surface area contributed by atoms with Gasteiger partial charge in [-0.2, -0.15) is 0 Å². The number of aliphatic hydroxyl groups excluding tert-OH is 2. The van der Waals surface area contributed by atoms with Crippen LogP contribution in [0.3, 0.4) is 0 Å². The van der Waals surface area contributed by atoms with E-state index in [2.05, 4.69) is 27.8 Å². The van der Waals surface area contributed by atoms with Crippen molar-refractivity contribution < 1.29 is 10.2 Å². The largest absolute Gasteiger partial charge is 0.395 e. The van der Waals surface area contributed by atoms with E-state index in [1.165, 1.54) is 0 Å². The molecule has 0 aliphatic carbocycles. The number of hydrogen-bond acceptors (Lipinski definition) is 3. The number of aliphatic hydroxyl groups is 2. The monoisotopic (exact) mass is 327 g/mol. The lowest BCUT2D eigenvalue weighted by molar-refractivity contribution is 0.0166. The minimum Gasteiger partial charge on any atom is -0.395 e. The van der Waals surface area contributed by atoms with E-state index >= 15 is 0 Å². The first-order valence-corrected chi connectivity index (χ1v) is 7.69. The Balaban J connectivity index is 2.00. The molecular weight excluding hydrogens is 306 g/mol. The van der Waals surface area contributed by atoms with Crippen molar-refractivity contribution in [1.29, 1.82) is 0 Å². The molecule has 1 heterocycles. The van der Waals surface area contributed by atoms with Crippen molar-refractivity contribution in [3.05, 3.63) is 34.3 Å². The van der Waals surface area contributed by atoms with Crippen molar-refractivity contribution in [3.8, 4) is 0 Å². The third kappa shape index (κ3) is 3.78. The number of nitrogens with zero attached hydrogens (tertiary/aromatic N) is 1. The second-order valence-corrected chi connectivity index (χ2v) is 6.35. The molecule has 0 amide bonds. The molecule has 0 spiro atoms. The molecule has 3 unspecified atom stereocenters. The van der Waals surface area contributed by atoms with Gasteiger partial charge in [-0.25, -0.2) is 0 Å². The highest BCUT2D eigenvalue weighted by Crippen LogP contribution is 2.26. The van der Waals surface area contributed by atoms with E-state index in [0.717, 1.165) is 29.4 Å². The molecule has 1 aromatic rings. The van der Waals surface area contributed by atoms with Gasteiger partial charge in [0.15, 0.2) is 0 Å². The molecule has 1 aliphatic rings. The zero-order chi connectivity index (χ0) is 13.8. The van der Waals surface area contributed by atoms with Crippen LogP contribution in [-0.2, 0) is 0 Å². The molecule has 0 bridgehead atoms. The first-order valence-electron chi connectivity index (χ1n) is 6.90. The molecule has 1 fully saturated rings. The number of halogens is 1. The summed E-state index contributed by atoms with van der Waals surface area (Å²) in [5.74, 6) is 0.496. The van der Waals surface area contributed by atoms with Crippen LogP contribution in [0.4, 0.5) is 0 Å². The highest BCUT2D eigenvalue weighted by molar-refractivity contribution is 9.10. The Bertz CT molecular complexity index is 396. The van der Waals surface area contributed by atoms with Crippen molar-refractivity contribution in [2.45, 2.75) is 31.9 Å². The molecule has 1 saturated heterocycles. The predicted molar refractivity (Wildman–Crippen MR) is 79.9 cm³/mol.